The fraction of sp³-hybridized carbons (Fsp3) is 0. The SMILES string of the molecule is [Hg+].[Hg+].[O]=[Cr](=[O])([O-])[O-]. The van der Waals surface area contributed by atoms with Crippen LogP contribution in [-0.4, -0.2) is 0 Å². The third-order valence-electron chi connectivity index (χ3n) is 0. The minimum absolute atomic E-state index is 0. The maximum atomic E-state index is 8.59. The quantitative estimate of drug-likeness (QED) is 0.330. The molecule has 0 aromatic heterocycles. The van der Waals surface area contributed by atoms with E-state index in [0.717, 1.165) is 0 Å². The molecule has 7 heavy (non-hydrogen) atoms. The summed E-state index contributed by atoms with van der Waals surface area (Å²) in [5.74, 6) is 0. The second-order valence-corrected chi connectivity index (χ2v) is 1.68. The minimum atomic E-state index is -5.75. The van der Waals surface area contributed by atoms with Crippen LogP contribution in [0.2, 0.25) is 0 Å². The molecule has 7 heteroatoms. The van der Waals surface area contributed by atoms with Gasteiger partial charge in [-0.15, -0.1) is 0 Å². The van der Waals surface area contributed by atoms with E-state index in [9.17, 15) is 0 Å². The maximum absolute atomic E-state index is 8.59. The first-order valence-electron chi connectivity index (χ1n) is 0.667. The molecule has 0 aliphatic heterocycles. The van der Waals surface area contributed by atoms with E-state index in [-0.39, 0.29) is 55.3 Å². The predicted octanol–water partition coefficient (Wildman–Crippen LogP) is -2.62. The Morgan fingerprint density at radius 3 is 1.00 bits per heavy atom. The van der Waals surface area contributed by atoms with Crippen LogP contribution in [0.15, 0.2) is 0 Å². The first-order chi connectivity index (χ1) is 2.00. The molecule has 0 aromatic carbocycles. The first kappa shape index (κ1) is 16.0. The Morgan fingerprint density at radius 1 is 1.00 bits per heavy atom. The van der Waals surface area contributed by atoms with Crippen LogP contribution < -0.4 is 8.32 Å². The molecule has 0 saturated carbocycles. The van der Waals surface area contributed by atoms with Crippen molar-refractivity contribution in [2.24, 2.45) is 0 Å². The van der Waals surface area contributed by atoms with Crippen LogP contribution in [0.4, 0.5) is 0 Å². The van der Waals surface area contributed by atoms with Crippen LogP contribution in [-0.2, 0) is 76.6 Å². The molecule has 0 aromatic rings. The van der Waals surface area contributed by atoms with Crippen molar-refractivity contribution in [1.29, 1.82) is 0 Å². The van der Waals surface area contributed by atoms with Crippen molar-refractivity contribution < 1.29 is 84.9 Å². The molecular weight excluding hydrogens is 517 g/mol. The fourth-order valence-corrected chi connectivity index (χ4v) is 0. The van der Waals surface area contributed by atoms with Crippen LogP contribution in [0, 0.1) is 0 Å². The Morgan fingerprint density at radius 2 is 1.00 bits per heavy atom. The zero-order valence-corrected chi connectivity index (χ0v) is 15.7. The van der Waals surface area contributed by atoms with Gasteiger partial charge in [0.15, 0.2) is 0 Å². The van der Waals surface area contributed by atoms with E-state index in [1.807, 2.05) is 0 Å². The van der Waals surface area contributed by atoms with Gasteiger partial charge in [-0.05, 0) is 0 Å². The molecule has 34 valence electrons. The summed E-state index contributed by atoms with van der Waals surface area (Å²) >= 11 is -5.75. The van der Waals surface area contributed by atoms with Crippen LogP contribution in [0.1, 0.15) is 0 Å². The van der Waals surface area contributed by atoms with Gasteiger partial charge in [0, 0.05) is 0 Å². The topological polar surface area (TPSA) is 80.3 Å². The first-order valence-corrected chi connectivity index (χ1v) is 2.75. The molecule has 0 saturated heterocycles. The molecule has 0 amide bonds. The Labute approximate surface area is 83.7 Å². The van der Waals surface area contributed by atoms with Crippen molar-refractivity contribution in [2.75, 3.05) is 0 Å². The Balaban J connectivity index is -0.0000000800. The van der Waals surface area contributed by atoms with E-state index in [4.69, 9.17) is 15.9 Å². The summed E-state index contributed by atoms with van der Waals surface area (Å²) in [6.45, 7) is 0. The monoisotopic (exact) mass is 520 g/mol. The van der Waals surface area contributed by atoms with Gasteiger partial charge in [0.2, 0.25) is 0 Å². The predicted molar refractivity (Wildman–Crippen MR) is 1.37 cm³/mol. The summed E-state index contributed by atoms with van der Waals surface area (Å²) in [4.78, 5) is 0. The number of hydrogen-bond donors (Lipinski definition) is 0. The molecule has 2 radical (unpaired) electrons. The summed E-state index contributed by atoms with van der Waals surface area (Å²) in [7, 11) is 0. The van der Waals surface area contributed by atoms with Crippen molar-refractivity contribution >= 4 is 0 Å². The van der Waals surface area contributed by atoms with Crippen LogP contribution in [0.5, 0.6) is 0 Å². The molecule has 0 unspecified atom stereocenters. The molecular formula is CrHg2O4. The van der Waals surface area contributed by atoms with Crippen molar-refractivity contribution in [1.82, 2.24) is 0 Å². The van der Waals surface area contributed by atoms with Gasteiger partial charge < -0.3 is 0 Å². The molecule has 0 aliphatic carbocycles. The van der Waals surface area contributed by atoms with Gasteiger partial charge in [-0.25, -0.2) is 0 Å². The third-order valence-corrected chi connectivity index (χ3v) is 0. The third kappa shape index (κ3) is 75.2. The Bertz CT molecular complexity index is 92.9. The van der Waals surface area contributed by atoms with Crippen LogP contribution in [0.3, 0.4) is 0 Å². The van der Waals surface area contributed by atoms with Crippen LogP contribution in [0.25, 0.3) is 0 Å². The van der Waals surface area contributed by atoms with E-state index in [1.54, 1.807) is 0 Å². The average molecular weight is 517 g/mol. The van der Waals surface area contributed by atoms with Gasteiger partial charge in [-0.3, -0.25) is 0 Å². The normalized spacial score (nSPS) is 8.29. The molecule has 0 aliphatic rings. The zero-order chi connectivity index (χ0) is 4.50. The molecule has 0 atom stereocenters. The second-order valence-electron chi connectivity index (χ2n) is 0.408. The number of hydrogen-bond acceptors (Lipinski definition) is 4. The zero-order valence-electron chi connectivity index (χ0n) is 3.46. The molecule has 0 rings (SSSR count). The van der Waals surface area contributed by atoms with Gasteiger partial charge in [-0.1, -0.05) is 0 Å². The molecule has 4 nitrogen and oxygen atoms in total. The molecule has 0 heterocycles. The van der Waals surface area contributed by atoms with Crippen molar-refractivity contribution in [3.63, 3.8) is 0 Å². The van der Waals surface area contributed by atoms with Crippen molar-refractivity contribution in [3.05, 3.63) is 0 Å². The summed E-state index contributed by atoms with van der Waals surface area (Å²) in [6.07, 6.45) is 0. The fourth-order valence-electron chi connectivity index (χ4n) is 0. The van der Waals surface area contributed by atoms with Crippen molar-refractivity contribution in [3.8, 4) is 0 Å². The van der Waals surface area contributed by atoms with Crippen molar-refractivity contribution in [2.45, 2.75) is 0 Å². The molecule has 0 bridgehead atoms. The standard InChI is InChI=1S/Cr.2Hg.4O/q;2*+1;;;2*-1. The summed E-state index contributed by atoms with van der Waals surface area (Å²) in [5.41, 5.74) is 0. The Hall–Kier alpha value is 1.92. The summed E-state index contributed by atoms with van der Waals surface area (Å²) in [6, 6.07) is 0. The Kier molecular flexibility index (Phi) is 13.8. The second kappa shape index (κ2) is 6.05. The molecule has 0 N–H and O–H groups in total. The van der Waals surface area contributed by atoms with Gasteiger partial charge >= 0.3 is 84.9 Å². The van der Waals surface area contributed by atoms with E-state index in [0.29, 0.717) is 0 Å². The van der Waals surface area contributed by atoms with Gasteiger partial charge in [0.05, 0.1) is 0 Å². The van der Waals surface area contributed by atoms with E-state index in [2.05, 4.69) is 0 Å². The van der Waals surface area contributed by atoms with Gasteiger partial charge in [0.1, 0.15) is 0 Å². The van der Waals surface area contributed by atoms with Gasteiger partial charge in [-0.2, -0.15) is 0 Å². The number of rotatable bonds is 0. The van der Waals surface area contributed by atoms with E-state index < -0.39 is 13.6 Å². The summed E-state index contributed by atoms with van der Waals surface area (Å²) < 4.78 is 34.4. The van der Waals surface area contributed by atoms with E-state index >= 15 is 0 Å². The molecule has 0 spiro atoms. The van der Waals surface area contributed by atoms with E-state index in [1.165, 1.54) is 0 Å². The van der Waals surface area contributed by atoms with Crippen LogP contribution >= 0.6 is 0 Å². The molecule has 0 fully saturated rings. The average Bonchev–Trinajstić information content (AvgIpc) is 0.722. The summed E-state index contributed by atoms with van der Waals surface area (Å²) in [5, 5.41) is 0. The van der Waals surface area contributed by atoms with Gasteiger partial charge in [0.25, 0.3) is 0 Å².